The molecular weight excluding hydrogens is 343 g/mol. The van der Waals surface area contributed by atoms with E-state index < -0.39 is 6.09 Å². The number of amides is 1. The van der Waals surface area contributed by atoms with Crippen LogP contribution in [-0.2, 0) is 4.74 Å². The third-order valence-corrected chi connectivity index (χ3v) is 3.67. The van der Waals surface area contributed by atoms with Gasteiger partial charge in [0, 0.05) is 17.3 Å². The summed E-state index contributed by atoms with van der Waals surface area (Å²) in [5, 5.41) is 2.70. The van der Waals surface area contributed by atoms with Gasteiger partial charge in [-0.2, -0.15) is 0 Å². The number of ether oxygens (including phenoxy) is 1. The lowest BCUT2D eigenvalue weighted by molar-refractivity contribution is 0.177. The van der Waals surface area contributed by atoms with Crippen molar-refractivity contribution in [1.29, 1.82) is 0 Å². The van der Waals surface area contributed by atoms with E-state index in [0.717, 1.165) is 16.8 Å². The van der Waals surface area contributed by atoms with Crippen LogP contribution in [0, 0.1) is 17.7 Å². The van der Waals surface area contributed by atoms with Gasteiger partial charge in [0.2, 0.25) is 0 Å². The third-order valence-electron chi connectivity index (χ3n) is 3.67. The lowest BCUT2D eigenvalue weighted by Crippen LogP contribution is -2.19. The van der Waals surface area contributed by atoms with Gasteiger partial charge in [-0.1, -0.05) is 48.2 Å². The van der Waals surface area contributed by atoms with Crippen LogP contribution in [0.4, 0.5) is 9.18 Å². The molecule has 1 saturated heterocycles. The Morgan fingerprint density at radius 3 is 2.22 bits per heavy atom. The topological polar surface area (TPSA) is 51.2 Å². The number of pyridine rings is 1. The Morgan fingerprint density at radius 1 is 0.963 bits per heavy atom. The highest BCUT2D eigenvalue weighted by Crippen LogP contribution is 2.16. The summed E-state index contributed by atoms with van der Waals surface area (Å²) in [6.07, 6.45) is 1.28. The highest BCUT2D eigenvalue weighted by molar-refractivity contribution is 5.69. The molecule has 1 aliphatic rings. The van der Waals surface area contributed by atoms with E-state index >= 15 is 0 Å². The largest absolute Gasteiger partial charge is 0.447 e. The Hall–Kier alpha value is -3.65. The highest BCUT2D eigenvalue weighted by atomic mass is 19.1. The van der Waals surface area contributed by atoms with Crippen LogP contribution in [0.25, 0.3) is 0 Å². The fourth-order valence-corrected chi connectivity index (χ4v) is 2.34. The van der Waals surface area contributed by atoms with Gasteiger partial charge in [0.1, 0.15) is 18.5 Å². The molecule has 2 aromatic carbocycles. The molecular formula is C22H17FN2O2. The molecule has 27 heavy (non-hydrogen) atoms. The molecule has 0 spiro atoms. The van der Waals surface area contributed by atoms with Gasteiger partial charge < -0.3 is 10.1 Å². The summed E-state index contributed by atoms with van der Waals surface area (Å²) in [5.74, 6) is 6.01. The van der Waals surface area contributed by atoms with Gasteiger partial charge in [0.15, 0.2) is 0 Å². The van der Waals surface area contributed by atoms with E-state index in [4.69, 9.17) is 4.74 Å². The molecule has 1 fully saturated rings. The first-order valence-corrected chi connectivity index (χ1v) is 8.37. The van der Waals surface area contributed by atoms with E-state index in [-0.39, 0.29) is 11.9 Å². The Balaban J connectivity index is 0.000000253. The summed E-state index contributed by atoms with van der Waals surface area (Å²) in [6.45, 7) is 0.307. The smallest absolute Gasteiger partial charge is 0.407 e. The van der Waals surface area contributed by atoms with Gasteiger partial charge in [-0.3, -0.25) is 4.98 Å². The fourth-order valence-electron chi connectivity index (χ4n) is 2.34. The Bertz CT molecular complexity index is 950. The van der Waals surface area contributed by atoms with Crippen molar-refractivity contribution in [2.45, 2.75) is 6.04 Å². The van der Waals surface area contributed by atoms with Gasteiger partial charge in [-0.15, -0.1) is 0 Å². The standard InChI is InChI=1S/C16H12N2O2.C6H5F/c19-16-18-15(11-20-16)14-10-13(8-9-17-14)7-6-12-4-2-1-3-5-12;7-6-4-2-1-3-5-6/h1-5,8-10,15H,11H2,(H,18,19);1-5H/t15-;/m0./s1. The van der Waals surface area contributed by atoms with Gasteiger partial charge in [-0.05, 0) is 36.4 Å². The lowest BCUT2D eigenvalue weighted by atomic mass is 10.1. The maximum absolute atomic E-state index is 11.9. The van der Waals surface area contributed by atoms with Crippen LogP contribution in [0.2, 0.25) is 0 Å². The number of nitrogens with one attached hydrogen (secondary N) is 1. The van der Waals surface area contributed by atoms with Gasteiger partial charge in [-0.25, -0.2) is 9.18 Å². The maximum Gasteiger partial charge on any atom is 0.407 e. The first kappa shape index (κ1) is 18.2. The minimum atomic E-state index is -0.405. The number of nitrogens with zero attached hydrogens (tertiary/aromatic N) is 1. The van der Waals surface area contributed by atoms with Crippen LogP contribution in [-0.4, -0.2) is 17.7 Å². The monoisotopic (exact) mass is 360 g/mol. The summed E-state index contributed by atoms with van der Waals surface area (Å²) in [6, 6.07) is 21.2. The number of halogens is 1. The molecule has 4 nitrogen and oxygen atoms in total. The minimum absolute atomic E-state index is 0.178. The number of cyclic esters (lactones) is 1. The second kappa shape index (κ2) is 9.16. The van der Waals surface area contributed by atoms with E-state index in [9.17, 15) is 9.18 Å². The van der Waals surface area contributed by atoms with Crippen molar-refractivity contribution in [2.75, 3.05) is 6.61 Å². The summed E-state index contributed by atoms with van der Waals surface area (Å²) in [4.78, 5) is 15.3. The summed E-state index contributed by atoms with van der Waals surface area (Å²) < 4.78 is 16.8. The van der Waals surface area contributed by atoms with Crippen molar-refractivity contribution in [3.8, 4) is 11.8 Å². The molecule has 4 rings (SSSR count). The van der Waals surface area contributed by atoms with E-state index in [0.29, 0.717) is 6.61 Å². The van der Waals surface area contributed by atoms with Crippen molar-refractivity contribution < 1.29 is 13.9 Å². The number of alkyl carbamates (subject to hydrolysis) is 1. The van der Waals surface area contributed by atoms with Crippen molar-refractivity contribution in [3.05, 3.63) is 102 Å². The zero-order chi connectivity index (χ0) is 18.9. The Morgan fingerprint density at radius 2 is 1.63 bits per heavy atom. The van der Waals surface area contributed by atoms with E-state index in [2.05, 4.69) is 22.1 Å². The van der Waals surface area contributed by atoms with Crippen LogP contribution in [0.5, 0.6) is 0 Å². The number of hydrogen-bond donors (Lipinski definition) is 1. The third kappa shape index (κ3) is 5.68. The van der Waals surface area contributed by atoms with E-state index in [1.165, 1.54) is 12.1 Å². The summed E-state index contributed by atoms with van der Waals surface area (Å²) in [7, 11) is 0. The molecule has 3 aromatic rings. The van der Waals surface area contributed by atoms with Crippen LogP contribution < -0.4 is 5.32 Å². The fraction of sp³-hybridized carbons (Fsp3) is 0.0909. The second-order valence-corrected chi connectivity index (χ2v) is 5.68. The van der Waals surface area contributed by atoms with Crippen molar-refractivity contribution in [1.82, 2.24) is 10.3 Å². The first-order chi connectivity index (χ1) is 13.2. The Kier molecular flexibility index (Phi) is 6.16. The maximum atomic E-state index is 11.9. The average Bonchev–Trinajstić information content (AvgIpc) is 3.15. The van der Waals surface area contributed by atoms with Crippen molar-refractivity contribution in [3.63, 3.8) is 0 Å². The molecule has 0 bridgehead atoms. The molecule has 1 aliphatic heterocycles. The Labute approximate surface area is 157 Å². The highest BCUT2D eigenvalue weighted by Gasteiger charge is 2.24. The number of carbonyl (C=O) groups excluding carboxylic acids is 1. The molecule has 1 N–H and O–H groups in total. The van der Waals surface area contributed by atoms with Gasteiger partial charge in [0.05, 0.1) is 5.69 Å². The lowest BCUT2D eigenvalue weighted by Gasteiger charge is -2.06. The molecule has 1 atom stereocenters. The first-order valence-electron chi connectivity index (χ1n) is 8.37. The molecule has 5 heteroatoms. The molecule has 1 amide bonds. The molecule has 2 heterocycles. The summed E-state index contributed by atoms with van der Waals surface area (Å²) in [5.41, 5.74) is 2.58. The molecule has 134 valence electrons. The molecule has 0 aliphatic carbocycles. The van der Waals surface area contributed by atoms with Crippen molar-refractivity contribution >= 4 is 6.09 Å². The molecule has 0 unspecified atom stereocenters. The van der Waals surface area contributed by atoms with Gasteiger partial charge >= 0.3 is 6.09 Å². The van der Waals surface area contributed by atoms with Gasteiger partial charge in [0.25, 0.3) is 0 Å². The van der Waals surface area contributed by atoms with E-state index in [1.807, 2.05) is 42.5 Å². The quantitative estimate of drug-likeness (QED) is 0.665. The predicted molar refractivity (Wildman–Crippen MR) is 100 cm³/mol. The molecule has 0 radical (unpaired) electrons. The minimum Gasteiger partial charge on any atom is -0.447 e. The number of aromatic nitrogens is 1. The molecule has 1 aromatic heterocycles. The van der Waals surface area contributed by atoms with Crippen LogP contribution >= 0.6 is 0 Å². The van der Waals surface area contributed by atoms with E-state index in [1.54, 1.807) is 24.4 Å². The predicted octanol–water partition coefficient (Wildman–Crippen LogP) is 4.09. The normalized spacial score (nSPS) is 14.7. The number of rotatable bonds is 1. The number of carbonyl (C=O) groups is 1. The second-order valence-electron chi connectivity index (χ2n) is 5.68. The number of hydrogen-bond acceptors (Lipinski definition) is 3. The zero-order valence-electron chi connectivity index (χ0n) is 14.4. The summed E-state index contributed by atoms with van der Waals surface area (Å²) >= 11 is 0. The molecule has 0 saturated carbocycles. The average molecular weight is 360 g/mol. The van der Waals surface area contributed by atoms with Crippen molar-refractivity contribution in [2.24, 2.45) is 0 Å². The van der Waals surface area contributed by atoms with Crippen LogP contribution in [0.1, 0.15) is 22.9 Å². The SMILES string of the molecule is Fc1ccccc1.O=C1N[C@H](c2cc(C#Cc3ccccc3)ccn2)CO1. The number of benzene rings is 2. The van der Waals surface area contributed by atoms with Crippen LogP contribution in [0.15, 0.2) is 79.0 Å². The van der Waals surface area contributed by atoms with Crippen LogP contribution in [0.3, 0.4) is 0 Å². The zero-order valence-corrected chi connectivity index (χ0v) is 14.4.